The number of Topliss-reactive ketones (excluding diaryl/α,β-unsaturated/α-hetero) is 1. The minimum atomic E-state index is -1.11. The fraction of sp³-hybridized carbons (Fsp3) is 0.333. The maximum atomic E-state index is 12.3. The topological polar surface area (TPSA) is 80.7 Å². The highest BCUT2D eigenvalue weighted by molar-refractivity contribution is 7.85. The summed E-state index contributed by atoms with van der Waals surface area (Å²) in [6.45, 7) is 0.937. The van der Waals surface area contributed by atoms with Crippen LogP contribution in [0.4, 0.5) is 0 Å². The number of carbonyl (C=O) groups excluding carboxylic acids is 1. The first-order chi connectivity index (χ1) is 13.0. The minimum absolute atomic E-state index is 0.254. The summed E-state index contributed by atoms with van der Waals surface area (Å²) < 4.78 is 17.9. The normalized spacial score (nSPS) is 11.9. The first-order valence-corrected chi connectivity index (χ1v) is 10.2. The molecule has 0 amide bonds. The number of carbonyl (C=O) groups is 2. The number of benzene rings is 2. The Morgan fingerprint density at radius 3 is 2.33 bits per heavy atom. The molecule has 1 atom stereocenters. The fourth-order valence-electron chi connectivity index (χ4n) is 2.57. The number of carboxylic acids is 1. The van der Waals surface area contributed by atoms with Gasteiger partial charge in [-0.2, -0.15) is 0 Å². The average molecular weight is 388 g/mol. The molecule has 5 nitrogen and oxygen atoms in total. The van der Waals surface area contributed by atoms with Gasteiger partial charge in [-0.05, 0) is 36.1 Å². The number of carboxylic acid groups (broad SMARTS) is 1. The molecule has 0 aromatic heterocycles. The zero-order valence-corrected chi connectivity index (χ0v) is 16.0. The third-order valence-electron chi connectivity index (χ3n) is 3.98. The molecule has 0 aliphatic heterocycles. The van der Waals surface area contributed by atoms with Crippen LogP contribution in [0.5, 0.6) is 0 Å². The summed E-state index contributed by atoms with van der Waals surface area (Å²) in [5, 5.41) is 8.56. The number of rotatable bonds is 12. The summed E-state index contributed by atoms with van der Waals surface area (Å²) in [6, 6.07) is 17.3. The largest absolute Gasteiger partial charge is 0.481 e. The van der Waals surface area contributed by atoms with Gasteiger partial charge in [0.25, 0.3) is 0 Å². The molecule has 0 saturated heterocycles. The summed E-state index contributed by atoms with van der Waals surface area (Å²) in [6.07, 6.45) is 1.16. The molecular formula is C21H24O5S. The molecule has 0 spiro atoms. The maximum absolute atomic E-state index is 12.3. The standard InChI is InChI=1S/C21H24O5S/c22-19(15-21(23)24)8-4-7-17-9-11-20(12-10-17)27(25)14-13-26-16-18-5-2-1-3-6-18/h1-3,5-6,9-12H,4,7-8,13-16H2,(H,23,24). The van der Waals surface area contributed by atoms with E-state index in [0.717, 1.165) is 16.0 Å². The van der Waals surface area contributed by atoms with E-state index in [0.29, 0.717) is 31.8 Å². The quantitative estimate of drug-likeness (QED) is 0.445. The highest BCUT2D eigenvalue weighted by Crippen LogP contribution is 2.12. The van der Waals surface area contributed by atoms with Gasteiger partial charge in [0.15, 0.2) is 0 Å². The molecule has 2 aromatic rings. The van der Waals surface area contributed by atoms with Crippen LogP contribution in [-0.2, 0) is 38.2 Å². The van der Waals surface area contributed by atoms with Crippen LogP contribution in [0.1, 0.15) is 30.4 Å². The van der Waals surface area contributed by atoms with E-state index in [-0.39, 0.29) is 12.2 Å². The smallest absolute Gasteiger partial charge is 0.310 e. The van der Waals surface area contributed by atoms with Gasteiger partial charge in [-0.15, -0.1) is 0 Å². The molecular weight excluding hydrogens is 364 g/mol. The van der Waals surface area contributed by atoms with Gasteiger partial charge < -0.3 is 9.84 Å². The summed E-state index contributed by atoms with van der Waals surface area (Å²) >= 11 is 0. The Morgan fingerprint density at radius 1 is 0.963 bits per heavy atom. The van der Waals surface area contributed by atoms with Gasteiger partial charge in [-0.3, -0.25) is 13.8 Å². The van der Waals surface area contributed by atoms with Crippen molar-refractivity contribution in [3.05, 3.63) is 65.7 Å². The Labute approximate surface area is 161 Å². The zero-order chi connectivity index (χ0) is 19.5. The molecule has 1 N–H and O–H groups in total. The lowest BCUT2D eigenvalue weighted by atomic mass is 10.1. The van der Waals surface area contributed by atoms with Crippen LogP contribution in [0.15, 0.2) is 59.5 Å². The van der Waals surface area contributed by atoms with Crippen LogP contribution >= 0.6 is 0 Å². The highest BCUT2D eigenvalue weighted by atomic mass is 32.2. The van der Waals surface area contributed by atoms with Crippen molar-refractivity contribution in [1.29, 1.82) is 0 Å². The van der Waals surface area contributed by atoms with Gasteiger partial charge in [0.05, 0.1) is 29.8 Å². The van der Waals surface area contributed by atoms with Crippen molar-refractivity contribution in [1.82, 2.24) is 0 Å². The summed E-state index contributed by atoms with van der Waals surface area (Å²) in [5.74, 6) is -0.897. The second-order valence-corrected chi connectivity index (χ2v) is 7.77. The van der Waals surface area contributed by atoms with E-state index in [1.165, 1.54) is 0 Å². The molecule has 0 fully saturated rings. The monoisotopic (exact) mass is 388 g/mol. The SMILES string of the molecule is O=C(O)CC(=O)CCCc1ccc(S(=O)CCOCc2ccccc2)cc1. The molecule has 27 heavy (non-hydrogen) atoms. The molecule has 1 unspecified atom stereocenters. The molecule has 0 radical (unpaired) electrons. The van der Waals surface area contributed by atoms with E-state index >= 15 is 0 Å². The van der Waals surface area contributed by atoms with E-state index in [9.17, 15) is 13.8 Å². The predicted octanol–water partition coefficient (Wildman–Crippen LogP) is 3.38. The molecule has 2 rings (SSSR count). The third kappa shape index (κ3) is 8.28. The van der Waals surface area contributed by atoms with E-state index in [1.807, 2.05) is 54.6 Å². The third-order valence-corrected chi connectivity index (χ3v) is 5.32. The second-order valence-electron chi connectivity index (χ2n) is 6.19. The Balaban J connectivity index is 1.68. The molecule has 0 saturated carbocycles. The van der Waals surface area contributed by atoms with E-state index in [4.69, 9.17) is 9.84 Å². The number of aryl methyl sites for hydroxylation is 1. The Kier molecular flexibility index (Phi) is 8.87. The minimum Gasteiger partial charge on any atom is -0.481 e. The number of ether oxygens (including phenoxy) is 1. The van der Waals surface area contributed by atoms with Gasteiger partial charge in [0.2, 0.25) is 0 Å². The lowest BCUT2D eigenvalue weighted by molar-refractivity contribution is -0.140. The molecule has 6 heteroatoms. The average Bonchev–Trinajstić information content (AvgIpc) is 2.66. The predicted molar refractivity (Wildman–Crippen MR) is 104 cm³/mol. The number of aliphatic carboxylic acids is 1. The summed E-state index contributed by atoms with van der Waals surface area (Å²) in [4.78, 5) is 22.6. The van der Waals surface area contributed by atoms with Crippen LogP contribution in [-0.4, -0.2) is 33.4 Å². The number of ketones is 1. The van der Waals surface area contributed by atoms with Crippen molar-refractivity contribution in [2.75, 3.05) is 12.4 Å². The first-order valence-electron chi connectivity index (χ1n) is 8.87. The second kappa shape index (κ2) is 11.4. The van der Waals surface area contributed by atoms with Gasteiger partial charge in [0, 0.05) is 11.3 Å². The molecule has 0 heterocycles. The van der Waals surface area contributed by atoms with E-state index in [2.05, 4.69) is 0 Å². The van der Waals surface area contributed by atoms with Crippen LogP contribution in [0.2, 0.25) is 0 Å². The van der Waals surface area contributed by atoms with Crippen molar-refractivity contribution in [3.8, 4) is 0 Å². The molecule has 0 bridgehead atoms. The van der Waals surface area contributed by atoms with Crippen LogP contribution < -0.4 is 0 Å². The Morgan fingerprint density at radius 2 is 1.67 bits per heavy atom. The van der Waals surface area contributed by atoms with Crippen molar-refractivity contribution >= 4 is 22.6 Å². The summed E-state index contributed by atoms with van der Waals surface area (Å²) in [5.41, 5.74) is 2.13. The van der Waals surface area contributed by atoms with Crippen molar-refractivity contribution in [2.24, 2.45) is 0 Å². The summed E-state index contributed by atoms with van der Waals surface area (Å²) in [7, 11) is -1.11. The van der Waals surface area contributed by atoms with E-state index < -0.39 is 23.2 Å². The van der Waals surface area contributed by atoms with Crippen molar-refractivity contribution in [3.63, 3.8) is 0 Å². The highest BCUT2D eigenvalue weighted by Gasteiger charge is 2.08. The van der Waals surface area contributed by atoms with Gasteiger partial charge in [0.1, 0.15) is 12.2 Å². The number of hydrogen-bond donors (Lipinski definition) is 1. The maximum Gasteiger partial charge on any atom is 0.310 e. The molecule has 2 aromatic carbocycles. The van der Waals surface area contributed by atoms with Crippen LogP contribution in [0.25, 0.3) is 0 Å². The van der Waals surface area contributed by atoms with Crippen LogP contribution in [0, 0.1) is 0 Å². The van der Waals surface area contributed by atoms with Gasteiger partial charge in [-0.1, -0.05) is 42.5 Å². The molecule has 0 aliphatic rings. The zero-order valence-electron chi connectivity index (χ0n) is 15.1. The van der Waals surface area contributed by atoms with Gasteiger partial charge in [-0.25, -0.2) is 0 Å². The first kappa shape index (κ1) is 21.0. The fourth-order valence-corrected chi connectivity index (χ4v) is 3.52. The number of hydrogen-bond acceptors (Lipinski definition) is 4. The Bertz CT molecular complexity index is 756. The van der Waals surface area contributed by atoms with Crippen LogP contribution in [0.3, 0.4) is 0 Å². The van der Waals surface area contributed by atoms with Crippen molar-refractivity contribution < 1.29 is 23.6 Å². The molecule has 0 aliphatic carbocycles. The lowest BCUT2D eigenvalue weighted by Crippen LogP contribution is -2.07. The van der Waals surface area contributed by atoms with E-state index in [1.54, 1.807) is 0 Å². The molecule has 144 valence electrons. The Hall–Kier alpha value is -2.31. The van der Waals surface area contributed by atoms with Gasteiger partial charge >= 0.3 is 5.97 Å². The van der Waals surface area contributed by atoms with Crippen molar-refractivity contribution in [2.45, 2.75) is 37.2 Å². The lowest BCUT2D eigenvalue weighted by Gasteiger charge is -2.06.